The first kappa shape index (κ1) is 12.6. The number of rotatable bonds is 3. The molecule has 0 atom stereocenters. The Bertz CT molecular complexity index is 436. The molecule has 1 aliphatic heterocycles. The van der Waals surface area contributed by atoms with Crippen LogP contribution in [-0.4, -0.2) is 36.1 Å². The lowest BCUT2D eigenvalue weighted by Gasteiger charge is -2.16. The minimum atomic E-state index is 0.425. The number of nitrogens with one attached hydrogen (secondary N) is 1. The number of hydrogen-bond donors (Lipinski definition) is 2. The van der Waals surface area contributed by atoms with Crippen LogP contribution in [0.25, 0.3) is 0 Å². The first-order valence-corrected chi connectivity index (χ1v) is 6.24. The molecule has 1 aliphatic rings. The zero-order chi connectivity index (χ0) is 13.0. The van der Waals surface area contributed by atoms with Crippen LogP contribution in [-0.2, 0) is 6.54 Å². The van der Waals surface area contributed by atoms with E-state index >= 15 is 0 Å². The van der Waals surface area contributed by atoms with Crippen LogP contribution in [0, 0.1) is 6.92 Å². The van der Waals surface area contributed by atoms with Crippen molar-refractivity contribution in [1.29, 1.82) is 0 Å². The largest absolute Gasteiger partial charge is 0.370 e. The smallest absolute Gasteiger partial charge is 0.225 e. The molecule has 98 valence electrons. The summed E-state index contributed by atoms with van der Waals surface area (Å²) in [5, 5.41) is 3.01. The summed E-state index contributed by atoms with van der Waals surface area (Å²) < 4.78 is 0. The van der Waals surface area contributed by atoms with Crippen molar-refractivity contribution < 1.29 is 0 Å². The fourth-order valence-corrected chi connectivity index (χ4v) is 2.03. The van der Waals surface area contributed by atoms with Gasteiger partial charge in [0.15, 0.2) is 5.96 Å². The number of hydrogen-bond acceptors (Lipinski definition) is 4. The van der Waals surface area contributed by atoms with Gasteiger partial charge in [-0.05, 0) is 25.8 Å². The van der Waals surface area contributed by atoms with Crippen molar-refractivity contribution in [1.82, 2.24) is 15.3 Å². The van der Waals surface area contributed by atoms with Crippen molar-refractivity contribution >= 4 is 11.9 Å². The molecule has 6 heteroatoms. The van der Waals surface area contributed by atoms with Crippen LogP contribution in [0.4, 0.5) is 5.95 Å². The van der Waals surface area contributed by atoms with E-state index in [1.54, 1.807) is 7.05 Å². The Labute approximate surface area is 107 Å². The molecule has 0 radical (unpaired) electrons. The molecule has 1 fully saturated rings. The highest BCUT2D eigenvalue weighted by atomic mass is 15.3. The van der Waals surface area contributed by atoms with E-state index in [4.69, 9.17) is 5.73 Å². The van der Waals surface area contributed by atoms with E-state index in [2.05, 4.69) is 25.2 Å². The molecule has 18 heavy (non-hydrogen) atoms. The summed E-state index contributed by atoms with van der Waals surface area (Å²) >= 11 is 0. The highest BCUT2D eigenvalue weighted by Crippen LogP contribution is 2.16. The van der Waals surface area contributed by atoms with Gasteiger partial charge in [-0.15, -0.1) is 0 Å². The predicted octanol–water partition coefficient (Wildman–Crippen LogP) is 0.419. The number of nitrogens with zero attached hydrogens (tertiary/aromatic N) is 4. The van der Waals surface area contributed by atoms with Crippen molar-refractivity contribution in [2.45, 2.75) is 26.3 Å². The molecule has 1 aromatic rings. The first-order valence-electron chi connectivity index (χ1n) is 6.24. The van der Waals surface area contributed by atoms with E-state index in [-0.39, 0.29) is 0 Å². The van der Waals surface area contributed by atoms with Crippen LogP contribution in [0.5, 0.6) is 0 Å². The number of guanidine groups is 1. The Kier molecular flexibility index (Phi) is 3.96. The fraction of sp³-hybridized carbons (Fsp3) is 0.583. The van der Waals surface area contributed by atoms with E-state index in [0.29, 0.717) is 12.5 Å². The number of nitrogens with two attached hydrogens (primary N) is 1. The molecule has 0 aliphatic carbocycles. The average molecular weight is 248 g/mol. The second-order valence-corrected chi connectivity index (χ2v) is 4.46. The molecule has 0 saturated carbocycles. The lowest BCUT2D eigenvalue weighted by atomic mass is 10.3. The zero-order valence-corrected chi connectivity index (χ0v) is 11.0. The fourth-order valence-electron chi connectivity index (χ4n) is 2.03. The minimum absolute atomic E-state index is 0.425. The Morgan fingerprint density at radius 1 is 1.44 bits per heavy atom. The van der Waals surface area contributed by atoms with Gasteiger partial charge in [-0.2, -0.15) is 0 Å². The first-order chi connectivity index (χ1) is 8.69. The molecule has 2 rings (SSSR count). The molecule has 6 nitrogen and oxygen atoms in total. The molecule has 1 aromatic heterocycles. The molecule has 0 bridgehead atoms. The molecule has 0 amide bonds. The summed E-state index contributed by atoms with van der Waals surface area (Å²) in [7, 11) is 1.66. The third kappa shape index (κ3) is 3.09. The van der Waals surface area contributed by atoms with Crippen molar-refractivity contribution in [3.05, 3.63) is 17.5 Å². The van der Waals surface area contributed by atoms with E-state index in [9.17, 15) is 0 Å². The summed E-state index contributed by atoms with van der Waals surface area (Å²) in [5.74, 6) is 1.25. The summed E-state index contributed by atoms with van der Waals surface area (Å²) in [5.41, 5.74) is 7.53. The molecule has 0 unspecified atom stereocenters. The van der Waals surface area contributed by atoms with Gasteiger partial charge in [0, 0.05) is 25.8 Å². The molecular weight excluding hydrogens is 228 g/mol. The summed E-state index contributed by atoms with van der Waals surface area (Å²) in [6.45, 7) is 4.67. The van der Waals surface area contributed by atoms with Crippen molar-refractivity contribution in [2.24, 2.45) is 10.7 Å². The highest BCUT2D eigenvalue weighted by molar-refractivity contribution is 5.77. The van der Waals surface area contributed by atoms with Crippen LogP contribution in [0.1, 0.15) is 24.2 Å². The van der Waals surface area contributed by atoms with Gasteiger partial charge in [0.25, 0.3) is 0 Å². The highest BCUT2D eigenvalue weighted by Gasteiger charge is 2.15. The van der Waals surface area contributed by atoms with Gasteiger partial charge in [-0.3, -0.25) is 4.99 Å². The van der Waals surface area contributed by atoms with E-state index in [1.807, 2.05) is 13.0 Å². The monoisotopic (exact) mass is 248 g/mol. The van der Waals surface area contributed by atoms with E-state index < -0.39 is 0 Å². The SMILES string of the molecule is CN=C(N)NCc1cc(C)nc(N2CCCC2)n1. The molecule has 0 aromatic carbocycles. The van der Waals surface area contributed by atoms with Gasteiger partial charge in [0.05, 0.1) is 12.2 Å². The van der Waals surface area contributed by atoms with Crippen LogP contribution in [0.15, 0.2) is 11.1 Å². The predicted molar refractivity (Wildman–Crippen MR) is 72.6 cm³/mol. The topological polar surface area (TPSA) is 79.4 Å². The molecule has 0 spiro atoms. The quantitative estimate of drug-likeness (QED) is 0.598. The molecule has 2 heterocycles. The Hall–Kier alpha value is -1.85. The maximum Gasteiger partial charge on any atom is 0.225 e. The summed E-state index contributed by atoms with van der Waals surface area (Å²) in [6, 6.07) is 1.97. The lowest BCUT2D eigenvalue weighted by Crippen LogP contribution is -2.31. The van der Waals surface area contributed by atoms with Crippen LogP contribution in [0.2, 0.25) is 0 Å². The summed E-state index contributed by atoms with van der Waals surface area (Å²) in [4.78, 5) is 15.1. The number of aryl methyl sites for hydroxylation is 1. The third-order valence-electron chi connectivity index (χ3n) is 2.98. The molecule has 1 saturated heterocycles. The Morgan fingerprint density at radius 2 is 2.17 bits per heavy atom. The normalized spacial score (nSPS) is 16.1. The maximum absolute atomic E-state index is 5.60. The molecular formula is C12H20N6. The van der Waals surface area contributed by atoms with Crippen LogP contribution < -0.4 is 16.0 Å². The number of aliphatic imine (C=N–C) groups is 1. The second kappa shape index (κ2) is 5.66. The van der Waals surface area contributed by atoms with Gasteiger partial charge < -0.3 is 16.0 Å². The standard InChI is InChI=1S/C12H20N6/c1-9-7-10(8-15-11(13)14-2)17-12(16-9)18-5-3-4-6-18/h7H,3-6,8H2,1-2H3,(H3,13,14,15). The third-order valence-corrected chi connectivity index (χ3v) is 2.98. The van der Waals surface area contributed by atoms with Crippen LogP contribution in [0.3, 0.4) is 0 Å². The Balaban J connectivity index is 2.10. The van der Waals surface area contributed by atoms with Crippen molar-refractivity contribution in [2.75, 3.05) is 25.0 Å². The average Bonchev–Trinajstić information content (AvgIpc) is 2.89. The van der Waals surface area contributed by atoms with Crippen molar-refractivity contribution in [3.8, 4) is 0 Å². The Morgan fingerprint density at radius 3 is 2.83 bits per heavy atom. The maximum atomic E-state index is 5.60. The molecule has 3 N–H and O–H groups in total. The van der Waals surface area contributed by atoms with Gasteiger partial charge in [-0.25, -0.2) is 9.97 Å². The van der Waals surface area contributed by atoms with Crippen LogP contribution >= 0.6 is 0 Å². The number of anilines is 1. The minimum Gasteiger partial charge on any atom is -0.370 e. The summed E-state index contributed by atoms with van der Waals surface area (Å²) in [6.07, 6.45) is 2.45. The van der Waals surface area contributed by atoms with Gasteiger partial charge in [0.1, 0.15) is 0 Å². The zero-order valence-electron chi connectivity index (χ0n) is 11.0. The number of aromatic nitrogens is 2. The van der Waals surface area contributed by atoms with E-state index in [1.165, 1.54) is 12.8 Å². The van der Waals surface area contributed by atoms with Gasteiger partial charge >= 0.3 is 0 Å². The van der Waals surface area contributed by atoms with E-state index in [0.717, 1.165) is 30.4 Å². The van der Waals surface area contributed by atoms with Crippen molar-refractivity contribution in [3.63, 3.8) is 0 Å². The lowest BCUT2D eigenvalue weighted by molar-refractivity contribution is 0.819. The van der Waals surface area contributed by atoms with Gasteiger partial charge in [0.2, 0.25) is 5.95 Å². The van der Waals surface area contributed by atoms with Gasteiger partial charge in [-0.1, -0.05) is 0 Å². The second-order valence-electron chi connectivity index (χ2n) is 4.46.